The standard InChI is InChI=1S/C23H23FN4O5S/c1-3-32-18(29)12-33-17-10-4-14(5-11-17)19(30)20-21(25)27-23(34-20)28(13(2)22(26)31)16-8-6-15(24)7-9-16/h4-11,13H,3,12,25H2,1-2H3,(H2,26,31). The molecule has 0 aliphatic heterocycles. The Kier molecular flexibility index (Phi) is 7.79. The zero-order chi connectivity index (χ0) is 24.8. The Morgan fingerprint density at radius 1 is 1.12 bits per heavy atom. The van der Waals surface area contributed by atoms with Crippen LogP contribution in [0.1, 0.15) is 29.1 Å². The van der Waals surface area contributed by atoms with Crippen LogP contribution >= 0.6 is 11.3 Å². The van der Waals surface area contributed by atoms with E-state index in [0.29, 0.717) is 17.0 Å². The van der Waals surface area contributed by atoms with Crippen molar-refractivity contribution in [2.45, 2.75) is 19.9 Å². The summed E-state index contributed by atoms with van der Waals surface area (Å²) in [4.78, 5) is 42.3. The van der Waals surface area contributed by atoms with Gasteiger partial charge >= 0.3 is 5.97 Å². The highest BCUT2D eigenvalue weighted by Crippen LogP contribution is 2.36. The average Bonchev–Trinajstić information content (AvgIpc) is 3.20. The molecule has 0 radical (unpaired) electrons. The van der Waals surface area contributed by atoms with E-state index < -0.39 is 23.7 Å². The van der Waals surface area contributed by atoms with Crippen LogP contribution in [0.15, 0.2) is 48.5 Å². The van der Waals surface area contributed by atoms with Gasteiger partial charge in [0.1, 0.15) is 28.3 Å². The molecule has 0 saturated heterocycles. The number of amides is 1. The maximum atomic E-state index is 13.4. The van der Waals surface area contributed by atoms with Crippen molar-refractivity contribution in [2.75, 3.05) is 23.8 Å². The van der Waals surface area contributed by atoms with E-state index in [1.54, 1.807) is 26.0 Å². The lowest BCUT2D eigenvalue weighted by molar-refractivity contribution is -0.145. The number of benzene rings is 2. The predicted molar refractivity (Wildman–Crippen MR) is 126 cm³/mol. The molecule has 0 fully saturated rings. The monoisotopic (exact) mass is 486 g/mol. The van der Waals surface area contributed by atoms with Gasteiger partial charge in [0.2, 0.25) is 11.7 Å². The van der Waals surface area contributed by atoms with E-state index >= 15 is 0 Å². The number of nitrogens with two attached hydrogens (primary N) is 2. The van der Waals surface area contributed by atoms with E-state index in [0.717, 1.165) is 11.3 Å². The molecule has 1 unspecified atom stereocenters. The third-order valence-corrected chi connectivity index (χ3v) is 5.81. The number of carbonyl (C=O) groups excluding carboxylic acids is 3. The normalized spacial score (nSPS) is 11.5. The second kappa shape index (κ2) is 10.8. The third-order valence-electron chi connectivity index (χ3n) is 4.74. The van der Waals surface area contributed by atoms with Crippen molar-refractivity contribution in [3.8, 4) is 5.75 Å². The van der Waals surface area contributed by atoms with E-state index in [1.165, 1.54) is 41.3 Å². The summed E-state index contributed by atoms with van der Waals surface area (Å²) < 4.78 is 23.5. The summed E-state index contributed by atoms with van der Waals surface area (Å²) in [5, 5.41) is 0.258. The second-order valence-corrected chi connectivity index (χ2v) is 8.06. The number of esters is 1. The number of thiazole rings is 1. The third kappa shape index (κ3) is 5.67. The Bertz CT molecular complexity index is 1180. The maximum absolute atomic E-state index is 13.4. The molecule has 9 nitrogen and oxygen atoms in total. The molecule has 0 bridgehead atoms. The molecular formula is C23H23FN4O5S. The molecule has 178 valence electrons. The van der Waals surface area contributed by atoms with Gasteiger partial charge in [0.25, 0.3) is 0 Å². The van der Waals surface area contributed by atoms with Crippen molar-refractivity contribution in [3.05, 3.63) is 64.8 Å². The average molecular weight is 487 g/mol. The molecule has 11 heteroatoms. The van der Waals surface area contributed by atoms with Gasteiger partial charge in [-0.25, -0.2) is 14.2 Å². The number of rotatable bonds is 10. The fraction of sp³-hybridized carbons (Fsp3) is 0.217. The van der Waals surface area contributed by atoms with Crippen LogP contribution in [-0.4, -0.2) is 41.9 Å². The molecule has 2 aromatic carbocycles. The Morgan fingerprint density at radius 3 is 2.35 bits per heavy atom. The quantitative estimate of drug-likeness (QED) is 0.329. The lowest BCUT2D eigenvalue weighted by Crippen LogP contribution is -2.39. The Hall–Kier alpha value is -3.99. The van der Waals surface area contributed by atoms with Crippen molar-refractivity contribution < 1.29 is 28.2 Å². The fourth-order valence-corrected chi connectivity index (χ4v) is 4.04. The van der Waals surface area contributed by atoms with Crippen LogP contribution in [-0.2, 0) is 14.3 Å². The fourth-order valence-electron chi connectivity index (χ4n) is 2.99. The van der Waals surface area contributed by atoms with Gasteiger partial charge in [0.05, 0.1) is 6.61 Å². The number of hydrogen-bond donors (Lipinski definition) is 2. The Labute approximate surface area is 199 Å². The van der Waals surface area contributed by atoms with Gasteiger partial charge < -0.3 is 25.8 Å². The van der Waals surface area contributed by atoms with Crippen molar-refractivity contribution in [1.29, 1.82) is 0 Å². The first-order valence-corrected chi connectivity index (χ1v) is 11.1. The number of carbonyl (C=O) groups is 3. The maximum Gasteiger partial charge on any atom is 0.344 e. The molecule has 4 N–H and O–H groups in total. The smallest absolute Gasteiger partial charge is 0.344 e. The molecule has 0 aliphatic carbocycles. The van der Waals surface area contributed by atoms with E-state index in [-0.39, 0.29) is 34.8 Å². The lowest BCUT2D eigenvalue weighted by atomic mass is 10.1. The van der Waals surface area contributed by atoms with Crippen LogP contribution in [0.5, 0.6) is 5.75 Å². The minimum absolute atomic E-state index is 0.0172. The first kappa shape index (κ1) is 24.6. The SMILES string of the molecule is CCOC(=O)COc1ccc(C(=O)c2sc(N(c3ccc(F)cc3)C(C)C(N)=O)nc2N)cc1. The number of ketones is 1. The Morgan fingerprint density at radius 2 is 1.76 bits per heavy atom. The zero-order valence-electron chi connectivity index (χ0n) is 18.5. The van der Waals surface area contributed by atoms with Crippen molar-refractivity contribution in [1.82, 2.24) is 4.98 Å². The molecule has 1 heterocycles. The van der Waals surface area contributed by atoms with Crippen LogP contribution in [0.3, 0.4) is 0 Å². The summed E-state index contributed by atoms with van der Waals surface area (Å²) in [7, 11) is 0. The number of halogens is 1. The first-order chi connectivity index (χ1) is 16.2. The topological polar surface area (TPSA) is 138 Å². The summed E-state index contributed by atoms with van der Waals surface area (Å²) in [5.74, 6) is -1.59. The number of nitrogen functional groups attached to an aromatic ring is 1. The van der Waals surface area contributed by atoms with Gasteiger partial charge in [0.15, 0.2) is 11.7 Å². The molecule has 0 spiro atoms. The van der Waals surface area contributed by atoms with Crippen molar-refractivity contribution in [3.63, 3.8) is 0 Å². The molecule has 1 amide bonds. The van der Waals surface area contributed by atoms with Crippen LogP contribution in [0.25, 0.3) is 0 Å². The van der Waals surface area contributed by atoms with E-state index in [4.69, 9.17) is 20.9 Å². The van der Waals surface area contributed by atoms with Crippen LogP contribution in [0.4, 0.5) is 21.0 Å². The Balaban J connectivity index is 1.84. The van der Waals surface area contributed by atoms with E-state index in [9.17, 15) is 18.8 Å². The number of nitrogens with zero attached hydrogens (tertiary/aromatic N) is 2. The van der Waals surface area contributed by atoms with Crippen molar-refractivity contribution in [2.24, 2.45) is 5.73 Å². The van der Waals surface area contributed by atoms with E-state index in [1.807, 2.05) is 0 Å². The number of ether oxygens (including phenoxy) is 2. The second-order valence-electron chi connectivity index (χ2n) is 7.08. The highest BCUT2D eigenvalue weighted by molar-refractivity contribution is 7.18. The van der Waals surface area contributed by atoms with Gasteiger partial charge in [-0.2, -0.15) is 0 Å². The summed E-state index contributed by atoms with van der Waals surface area (Å²) in [5.41, 5.74) is 12.3. The number of aromatic nitrogens is 1. The van der Waals surface area contributed by atoms with Gasteiger partial charge in [0, 0.05) is 11.3 Å². The van der Waals surface area contributed by atoms with Crippen LogP contribution < -0.4 is 21.1 Å². The molecule has 0 saturated carbocycles. The van der Waals surface area contributed by atoms with Gasteiger partial charge in [-0.1, -0.05) is 11.3 Å². The number of hydrogen-bond acceptors (Lipinski definition) is 9. The molecule has 1 atom stereocenters. The van der Waals surface area contributed by atoms with Crippen LogP contribution in [0, 0.1) is 5.82 Å². The predicted octanol–water partition coefficient (Wildman–Crippen LogP) is 3.05. The molecule has 3 rings (SSSR count). The van der Waals surface area contributed by atoms with Gasteiger partial charge in [-0.05, 0) is 62.4 Å². The lowest BCUT2D eigenvalue weighted by Gasteiger charge is -2.26. The van der Waals surface area contributed by atoms with Gasteiger partial charge in [-0.3, -0.25) is 9.59 Å². The number of primary amides is 1. The molecule has 3 aromatic rings. The minimum atomic E-state index is -0.838. The minimum Gasteiger partial charge on any atom is -0.482 e. The molecular weight excluding hydrogens is 463 g/mol. The van der Waals surface area contributed by atoms with Crippen LogP contribution in [0.2, 0.25) is 0 Å². The molecule has 34 heavy (non-hydrogen) atoms. The van der Waals surface area contributed by atoms with Gasteiger partial charge in [-0.15, -0.1) is 0 Å². The van der Waals surface area contributed by atoms with E-state index in [2.05, 4.69) is 4.98 Å². The number of anilines is 3. The molecule has 0 aliphatic rings. The highest BCUT2D eigenvalue weighted by Gasteiger charge is 2.27. The summed E-state index contributed by atoms with van der Waals surface area (Å²) in [6.45, 7) is 3.27. The molecule has 1 aromatic heterocycles. The first-order valence-electron chi connectivity index (χ1n) is 10.2. The highest BCUT2D eigenvalue weighted by atomic mass is 32.1. The summed E-state index contributed by atoms with van der Waals surface area (Å²) in [6, 6.07) is 10.8. The summed E-state index contributed by atoms with van der Waals surface area (Å²) in [6.07, 6.45) is 0. The largest absolute Gasteiger partial charge is 0.482 e. The van der Waals surface area contributed by atoms with Crippen molar-refractivity contribution >= 4 is 45.6 Å². The summed E-state index contributed by atoms with van der Waals surface area (Å²) >= 11 is 0.985. The zero-order valence-corrected chi connectivity index (χ0v) is 19.3.